The second-order valence-corrected chi connectivity index (χ2v) is 1.86. The minimum absolute atomic E-state index is 0.0833. The Balaban J connectivity index is 3.47. The summed E-state index contributed by atoms with van der Waals surface area (Å²) in [6.45, 7) is 1.63. The summed E-state index contributed by atoms with van der Waals surface area (Å²) in [6.07, 6.45) is 1.46. The van der Waals surface area contributed by atoms with Crippen LogP contribution in [0.4, 0.5) is 0 Å². The molecule has 0 aliphatic heterocycles. The second-order valence-electron chi connectivity index (χ2n) is 1.86. The van der Waals surface area contributed by atoms with Crippen molar-refractivity contribution in [3.63, 3.8) is 0 Å². The Bertz CT molecular complexity index is 334. The molecule has 0 aliphatic carbocycles. The Labute approximate surface area is 57.1 Å². The molecule has 1 N–H and O–H groups in total. The maximum absolute atomic E-state index is 10.9. The Morgan fingerprint density at radius 3 is 3.00 bits per heavy atom. The van der Waals surface area contributed by atoms with Crippen LogP contribution >= 0.6 is 0 Å². The summed E-state index contributed by atoms with van der Waals surface area (Å²) in [6, 6.07) is 1.68. The molecular weight excluding hydrogens is 130 g/mol. The van der Waals surface area contributed by atoms with Crippen LogP contribution in [0.15, 0.2) is 11.0 Å². The fourth-order valence-corrected chi connectivity index (χ4v) is 0.573. The topological polar surface area (TPSA) is 69.5 Å². The summed E-state index contributed by atoms with van der Waals surface area (Å²) in [7, 11) is 0. The Hall–Kier alpha value is -1.63. The molecule has 0 amide bonds. The molecule has 1 aromatic rings. The zero-order valence-electron chi connectivity index (χ0n) is 5.38. The first-order valence-electron chi connectivity index (χ1n) is 2.70. The van der Waals surface area contributed by atoms with E-state index in [9.17, 15) is 4.79 Å². The summed E-state index contributed by atoms with van der Waals surface area (Å²) in [4.78, 5) is 10.9. The molecule has 1 rings (SSSR count). The fraction of sp³-hybridized carbons (Fsp3) is 0.167. The first-order chi connectivity index (χ1) is 4.75. The third-order valence-electron chi connectivity index (χ3n) is 1.14. The lowest BCUT2D eigenvalue weighted by Gasteiger charge is -1.87. The minimum Gasteiger partial charge on any atom is -0.286 e. The molecule has 10 heavy (non-hydrogen) atoms. The highest BCUT2D eigenvalue weighted by molar-refractivity contribution is 5.21. The molecule has 0 fully saturated rings. The van der Waals surface area contributed by atoms with Crippen molar-refractivity contribution < 1.29 is 0 Å². The molecule has 0 saturated heterocycles. The molecule has 0 aliphatic rings. The van der Waals surface area contributed by atoms with Crippen molar-refractivity contribution >= 4 is 0 Å². The number of nitrogens with one attached hydrogen (secondary N) is 1. The lowest BCUT2D eigenvalue weighted by Crippen LogP contribution is -2.11. The third kappa shape index (κ3) is 0.890. The normalized spacial score (nSPS) is 8.80. The summed E-state index contributed by atoms with van der Waals surface area (Å²) in [5, 5.41) is 14.2. The van der Waals surface area contributed by atoms with E-state index in [1.807, 2.05) is 0 Å². The summed E-state index contributed by atoms with van der Waals surface area (Å²) in [5.41, 5.74) is 0.118. The predicted molar refractivity (Wildman–Crippen MR) is 34.3 cm³/mol. The summed E-state index contributed by atoms with van der Waals surface area (Å²) in [5.74, 6) is 0. The Morgan fingerprint density at radius 2 is 2.50 bits per heavy atom. The number of nitriles is 1. The Morgan fingerprint density at radius 1 is 1.80 bits per heavy atom. The van der Waals surface area contributed by atoms with Gasteiger partial charge < -0.3 is 0 Å². The Kier molecular flexibility index (Phi) is 1.50. The minimum atomic E-state index is -0.304. The van der Waals surface area contributed by atoms with Crippen LogP contribution < -0.4 is 5.43 Å². The van der Waals surface area contributed by atoms with E-state index in [2.05, 4.69) is 10.2 Å². The van der Waals surface area contributed by atoms with E-state index in [4.69, 9.17) is 5.26 Å². The van der Waals surface area contributed by atoms with E-state index in [1.54, 1.807) is 13.0 Å². The van der Waals surface area contributed by atoms with Crippen LogP contribution in [0, 0.1) is 18.3 Å². The van der Waals surface area contributed by atoms with Gasteiger partial charge in [0.05, 0.1) is 0 Å². The lowest BCUT2D eigenvalue weighted by atomic mass is 10.3. The fourth-order valence-electron chi connectivity index (χ4n) is 0.573. The van der Waals surface area contributed by atoms with Crippen molar-refractivity contribution in [3.05, 3.63) is 27.7 Å². The quantitative estimate of drug-likeness (QED) is 0.542. The van der Waals surface area contributed by atoms with Gasteiger partial charge in [-0.25, -0.2) is 0 Å². The molecule has 0 radical (unpaired) electrons. The van der Waals surface area contributed by atoms with Gasteiger partial charge in [-0.3, -0.25) is 9.89 Å². The van der Waals surface area contributed by atoms with Crippen LogP contribution in [-0.2, 0) is 0 Å². The van der Waals surface area contributed by atoms with Crippen molar-refractivity contribution in [2.75, 3.05) is 0 Å². The molecule has 1 heterocycles. The van der Waals surface area contributed by atoms with E-state index < -0.39 is 0 Å². The average molecular weight is 135 g/mol. The largest absolute Gasteiger partial charge is 0.286 e. The van der Waals surface area contributed by atoms with Crippen molar-refractivity contribution in [1.29, 1.82) is 5.26 Å². The van der Waals surface area contributed by atoms with Crippen molar-refractivity contribution in [2.24, 2.45) is 0 Å². The zero-order chi connectivity index (χ0) is 7.56. The molecule has 0 atom stereocenters. The van der Waals surface area contributed by atoms with Gasteiger partial charge in [-0.15, -0.1) is 0 Å². The van der Waals surface area contributed by atoms with Gasteiger partial charge in [0.2, 0.25) is 11.1 Å². The number of H-pyrrole nitrogens is 1. The molecule has 4 heteroatoms. The van der Waals surface area contributed by atoms with E-state index in [0.29, 0.717) is 5.56 Å². The SMILES string of the molecule is Cc1c[nH]nc(C#N)c1=O. The van der Waals surface area contributed by atoms with Gasteiger partial charge in [0.1, 0.15) is 6.07 Å². The van der Waals surface area contributed by atoms with E-state index in [1.165, 1.54) is 6.20 Å². The van der Waals surface area contributed by atoms with Gasteiger partial charge in [0.25, 0.3) is 0 Å². The monoisotopic (exact) mass is 135 g/mol. The molecule has 4 nitrogen and oxygen atoms in total. The van der Waals surface area contributed by atoms with Gasteiger partial charge in [-0.05, 0) is 6.92 Å². The van der Waals surface area contributed by atoms with Gasteiger partial charge in [-0.1, -0.05) is 0 Å². The molecular formula is C6H5N3O. The van der Waals surface area contributed by atoms with Crippen LogP contribution in [0.25, 0.3) is 0 Å². The molecule has 0 spiro atoms. The zero-order valence-corrected chi connectivity index (χ0v) is 5.38. The number of hydrogen-bond acceptors (Lipinski definition) is 3. The summed E-state index contributed by atoms with van der Waals surface area (Å²) < 4.78 is 0. The van der Waals surface area contributed by atoms with Crippen molar-refractivity contribution in [1.82, 2.24) is 10.2 Å². The highest BCUT2D eigenvalue weighted by atomic mass is 16.1. The number of hydrogen-bond donors (Lipinski definition) is 1. The van der Waals surface area contributed by atoms with Crippen molar-refractivity contribution in [2.45, 2.75) is 6.92 Å². The van der Waals surface area contributed by atoms with Crippen molar-refractivity contribution in [3.8, 4) is 6.07 Å². The van der Waals surface area contributed by atoms with E-state index in [0.717, 1.165) is 0 Å². The maximum atomic E-state index is 10.9. The van der Waals surface area contributed by atoms with E-state index >= 15 is 0 Å². The molecule has 1 aromatic heterocycles. The van der Waals surface area contributed by atoms with Crippen LogP contribution in [-0.4, -0.2) is 10.2 Å². The van der Waals surface area contributed by atoms with Gasteiger partial charge in [-0.2, -0.15) is 10.4 Å². The number of aryl methyl sites for hydroxylation is 1. The summed E-state index contributed by atoms with van der Waals surface area (Å²) >= 11 is 0. The van der Waals surface area contributed by atoms with Gasteiger partial charge in [0.15, 0.2) is 0 Å². The van der Waals surface area contributed by atoms with Crippen LogP contribution in [0.3, 0.4) is 0 Å². The molecule has 0 aromatic carbocycles. The maximum Gasteiger partial charge on any atom is 0.221 e. The third-order valence-corrected chi connectivity index (χ3v) is 1.14. The number of aromatic nitrogens is 2. The number of aromatic amines is 1. The van der Waals surface area contributed by atoms with Crippen LogP contribution in [0.1, 0.15) is 11.3 Å². The first kappa shape index (κ1) is 6.49. The molecule has 0 unspecified atom stereocenters. The average Bonchev–Trinajstić information content (AvgIpc) is 1.95. The highest BCUT2D eigenvalue weighted by Crippen LogP contribution is 1.83. The number of nitrogens with zero attached hydrogens (tertiary/aromatic N) is 2. The first-order valence-corrected chi connectivity index (χ1v) is 2.70. The number of rotatable bonds is 0. The molecule has 0 bridgehead atoms. The molecule has 50 valence electrons. The van der Waals surface area contributed by atoms with Gasteiger partial charge in [0, 0.05) is 11.8 Å². The standard InChI is InChI=1S/C6H5N3O/c1-4-3-8-9-5(2-7)6(4)10/h3H,1H3,(H,8,10). The predicted octanol–water partition coefficient (Wildman–Crippen LogP) is -0.0500. The van der Waals surface area contributed by atoms with Gasteiger partial charge >= 0.3 is 0 Å². The lowest BCUT2D eigenvalue weighted by molar-refractivity contribution is 0.976. The second kappa shape index (κ2) is 2.31. The molecule has 0 saturated carbocycles. The van der Waals surface area contributed by atoms with E-state index in [-0.39, 0.29) is 11.1 Å². The highest BCUT2D eigenvalue weighted by Gasteiger charge is 1.99. The van der Waals surface area contributed by atoms with Crippen LogP contribution in [0.2, 0.25) is 0 Å². The van der Waals surface area contributed by atoms with Crippen LogP contribution in [0.5, 0.6) is 0 Å². The smallest absolute Gasteiger partial charge is 0.221 e.